The molecule has 1 unspecified atom stereocenters. The van der Waals surface area contributed by atoms with E-state index >= 15 is 0 Å². The van der Waals surface area contributed by atoms with Crippen molar-refractivity contribution >= 4 is 11.9 Å². The fourth-order valence-corrected chi connectivity index (χ4v) is 3.56. The SMILES string of the molecule is C=CCOC(=O)C1=C(C)Nc2ncnn2C1c1ccc(OCCCCCC)c(OC)c1. The molecule has 0 fully saturated rings. The number of hydrogen-bond acceptors (Lipinski definition) is 7. The number of hydrogen-bond donors (Lipinski definition) is 1. The average Bonchev–Trinajstić information content (AvgIpc) is 3.24. The number of rotatable bonds is 11. The first-order valence-electron chi connectivity index (χ1n) is 10.6. The zero-order valence-electron chi connectivity index (χ0n) is 18.4. The molecule has 2 aromatic rings. The molecule has 2 heterocycles. The van der Waals surface area contributed by atoms with Crippen LogP contribution in [0.5, 0.6) is 11.5 Å². The van der Waals surface area contributed by atoms with Crippen LogP contribution in [-0.2, 0) is 9.53 Å². The molecule has 0 saturated carbocycles. The Hall–Kier alpha value is -3.29. The van der Waals surface area contributed by atoms with Crippen molar-refractivity contribution in [1.29, 1.82) is 0 Å². The highest BCUT2D eigenvalue weighted by molar-refractivity contribution is 5.92. The van der Waals surface area contributed by atoms with E-state index in [2.05, 4.69) is 28.9 Å². The van der Waals surface area contributed by atoms with Crippen LogP contribution in [0.3, 0.4) is 0 Å². The molecule has 0 bridgehead atoms. The quantitative estimate of drug-likeness (QED) is 0.326. The van der Waals surface area contributed by atoms with Crippen molar-refractivity contribution in [2.75, 3.05) is 25.6 Å². The molecule has 0 spiro atoms. The summed E-state index contributed by atoms with van der Waals surface area (Å²) in [6, 6.07) is 5.15. The van der Waals surface area contributed by atoms with Crippen molar-refractivity contribution in [2.24, 2.45) is 0 Å². The summed E-state index contributed by atoms with van der Waals surface area (Å²) in [5.41, 5.74) is 1.93. The highest BCUT2D eigenvalue weighted by atomic mass is 16.5. The molecule has 1 aromatic heterocycles. The van der Waals surface area contributed by atoms with Crippen LogP contribution < -0.4 is 14.8 Å². The van der Waals surface area contributed by atoms with E-state index in [1.807, 2.05) is 25.1 Å². The van der Waals surface area contributed by atoms with E-state index < -0.39 is 12.0 Å². The maximum atomic E-state index is 12.8. The number of ether oxygens (including phenoxy) is 3. The van der Waals surface area contributed by atoms with E-state index in [9.17, 15) is 4.79 Å². The Balaban J connectivity index is 1.91. The van der Waals surface area contributed by atoms with Crippen molar-refractivity contribution in [2.45, 2.75) is 45.6 Å². The molecule has 3 rings (SSSR count). The first-order valence-corrected chi connectivity index (χ1v) is 10.6. The summed E-state index contributed by atoms with van der Waals surface area (Å²) in [6.45, 7) is 8.37. The number of unbranched alkanes of at least 4 members (excludes halogenated alkanes) is 3. The smallest absolute Gasteiger partial charge is 0.338 e. The van der Waals surface area contributed by atoms with Gasteiger partial charge in [-0.15, -0.1) is 0 Å². The number of allylic oxidation sites excluding steroid dienone is 1. The Kier molecular flexibility index (Phi) is 7.70. The minimum atomic E-state index is -0.511. The highest BCUT2D eigenvalue weighted by Crippen LogP contribution is 2.38. The summed E-state index contributed by atoms with van der Waals surface area (Å²) < 4.78 is 18.5. The first-order chi connectivity index (χ1) is 15.1. The number of esters is 1. The Morgan fingerprint density at radius 3 is 2.87 bits per heavy atom. The molecule has 31 heavy (non-hydrogen) atoms. The van der Waals surface area contributed by atoms with E-state index in [1.165, 1.54) is 25.2 Å². The van der Waals surface area contributed by atoms with Gasteiger partial charge in [0.25, 0.3) is 0 Å². The second kappa shape index (κ2) is 10.7. The van der Waals surface area contributed by atoms with Gasteiger partial charge in [0.15, 0.2) is 11.5 Å². The Labute approximate surface area is 182 Å². The summed E-state index contributed by atoms with van der Waals surface area (Å²) in [4.78, 5) is 17.1. The Morgan fingerprint density at radius 1 is 1.29 bits per heavy atom. The number of fused-ring (bicyclic) bond motifs is 1. The zero-order chi connectivity index (χ0) is 22.2. The van der Waals surface area contributed by atoms with Crippen LogP contribution in [0.2, 0.25) is 0 Å². The van der Waals surface area contributed by atoms with Gasteiger partial charge in [0, 0.05) is 5.70 Å². The number of carbonyl (C=O) groups is 1. The van der Waals surface area contributed by atoms with Gasteiger partial charge in [0.2, 0.25) is 5.95 Å². The van der Waals surface area contributed by atoms with Crippen LogP contribution in [0, 0.1) is 0 Å². The topological polar surface area (TPSA) is 87.5 Å². The second-order valence-corrected chi connectivity index (χ2v) is 7.30. The number of benzene rings is 1. The molecule has 0 radical (unpaired) electrons. The van der Waals surface area contributed by atoms with Crippen molar-refractivity contribution in [3.8, 4) is 11.5 Å². The predicted octanol–water partition coefficient (Wildman–Crippen LogP) is 4.26. The molecular formula is C23H30N4O4. The molecule has 166 valence electrons. The third-order valence-corrected chi connectivity index (χ3v) is 5.11. The van der Waals surface area contributed by atoms with Crippen molar-refractivity contribution < 1.29 is 19.0 Å². The standard InChI is InChI=1S/C23H30N4O4/c1-5-7-8-9-13-30-18-11-10-17(14-19(18)29-4)21-20(22(28)31-12-6-2)16(3)26-23-24-15-25-27(21)23/h6,10-11,14-15,21H,2,5,7-9,12-13H2,1,3-4H3,(H,24,25,26). The maximum absolute atomic E-state index is 12.8. The van der Waals surface area contributed by atoms with Gasteiger partial charge in [-0.2, -0.15) is 10.1 Å². The van der Waals surface area contributed by atoms with E-state index in [-0.39, 0.29) is 6.61 Å². The molecule has 0 aliphatic carbocycles. The van der Waals surface area contributed by atoms with Gasteiger partial charge < -0.3 is 19.5 Å². The minimum absolute atomic E-state index is 0.126. The second-order valence-electron chi connectivity index (χ2n) is 7.30. The Morgan fingerprint density at radius 2 is 2.13 bits per heavy atom. The molecule has 8 nitrogen and oxygen atoms in total. The monoisotopic (exact) mass is 426 g/mol. The molecule has 0 amide bonds. The van der Waals surface area contributed by atoms with Gasteiger partial charge in [-0.1, -0.05) is 44.9 Å². The molecule has 1 atom stereocenters. The molecule has 8 heteroatoms. The molecule has 0 saturated heterocycles. The van der Waals surface area contributed by atoms with Gasteiger partial charge in [-0.3, -0.25) is 0 Å². The van der Waals surface area contributed by atoms with Crippen LogP contribution in [0.15, 0.2) is 48.5 Å². The number of carbonyl (C=O) groups excluding carboxylic acids is 1. The Bertz CT molecular complexity index is 951. The van der Waals surface area contributed by atoms with Crippen LogP contribution >= 0.6 is 0 Å². The summed E-state index contributed by atoms with van der Waals surface area (Å²) in [5, 5.41) is 7.44. The van der Waals surface area contributed by atoms with Crippen LogP contribution in [0.1, 0.15) is 51.1 Å². The third kappa shape index (κ3) is 5.07. The van der Waals surface area contributed by atoms with E-state index in [0.717, 1.165) is 18.4 Å². The predicted molar refractivity (Wildman–Crippen MR) is 118 cm³/mol. The number of anilines is 1. The van der Waals surface area contributed by atoms with Crippen molar-refractivity contribution in [3.63, 3.8) is 0 Å². The lowest BCUT2D eigenvalue weighted by atomic mass is 9.95. The molecule has 1 aliphatic rings. The van der Waals surface area contributed by atoms with E-state index in [0.29, 0.717) is 35.3 Å². The number of nitrogens with one attached hydrogen (secondary N) is 1. The average molecular weight is 427 g/mol. The van der Waals surface area contributed by atoms with Gasteiger partial charge in [-0.25, -0.2) is 9.48 Å². The summed E-state index contributed by atoms with van der Waals surface area (Å²) in [6.07, 6.45) is 7.51. The highest BCUT2D eigenvalue weighted by Gasteiger charge is 2.34. The fraction of sp³-hybridized carbons (Fsp3) is 0.435. The third-order valence-electron chi connectivity index (χ3n) is 5.11. The molecular weight excluding hydrogens is 396 g/mol. The fourth-order valence-electron chi connectivity index (χ4n) is 3.56. The number of nitrogens with zero attached hydrogens (tertiary/aromatic N) is 3. The zero-order valence-corrected chi connectivity index (χ0v) is 18.4. The summed E-state index contributed by atoms with van der Waals surface area (Å²) >= 11 is 0. The lowest BCUT2D eigenvalue weighted by Crippen LogP contribution is -2.29. The van der Waals surface area contributed by atoms with Gasteiger partial charge in [0.05, 0.1) is 19.3 Å². The maximum Gasteiger partial charge on any atom is 0.338 e. The van der Waals surface area contributed by atoms with Gasteiger partial charge in [0.1, 0.15) is 19.0 Å². The van der Waals surface area contributed by atoms with Crippen LogP contribution in [0.4, 0.5) is 5.95 Å². The number of methoxy groups -OCH3 is 1. The first kappa shape index (κ1) is 22.4. The van der Waals surface area contributed by atoms with Crippen molar-refractivity contribution in [3.05, 3.63) is 54.0 Å². The van der Waals surface area contributed by atoms with Crippen LogP contribution in [-0.4, -0.2) is 41.1 Å². The van der Waals surface area contributed by atoms with Crippen molar-refractivity contribution in [1.82, 2.24) is 14.8 Å². The normalized spacial score (nSPS) is 15.1. The lowest BCUT2D eigenvalue weighted by Gasteiger charge is -2.28. The minimum Gasteiger partial charge on any atom is -0.493 e. The molecule has 1 aromatic carbocycles. The largest absolute Gasteiger partial charge is 0.493 e. The molecule has 1 N–H and O–H groups in total. The van der Waals surface area contributed by atoms with Crippen LogP contribution in [0.25, 0.3) is 0 Å². The summed E-state index contributed by atoms with van der Waals surface area (Å²) in [5.74, 6) is 1.39. The number of aromatic nitrogens is 3. The van der Waals surface area contributed by atoms with Gasteiger partial charge in [-0.05, 0) is 31.0 Å². The molecule has 1 aliphatic heterocycles. The van der Waals surface area contributed by atoms with E-state index in [1.54, 1.807) is 11.8 Å². The lowest BCUT2D eigenvalue weighted by molar-refractivity contribution is -0.138. The summed E-state index contributed by atoms with van der Waals surface area (Å²) in [7, 11) is 1.60. The van der Waals surface area contributed by atoms with Gasteiger partial charge >= 0.3 is 5.97 Å². The van der Waals surface area contributed by atoms with E-state index in [4.69, 9.17) is 14.2 Å².